The molecule has 0 radical (unpaired) electrons. The molecule has 1 amide bonds. The zero-order chi connectivity index (χ0) is 23.9. The molecule has 0 aliphatic carbocycles. The van der Waals surface area contributed by atoms with E-state index in [0.29, 0.717) is 23.0 Å². The Balaban J connectivity index is 1.37. The first kappa shape index (κ1) is 23.7. The molecule has 6 nitrogen and oxygen atoms in total. The summed E-state index contributed by atoms with van der Waals surface area (Å²) in [4.78, 5) is 27.5. The van der Waals surface area contributed by atoms with Gasteiger partial charge in [0.2, 0.25) is 0 Å². The Bertz CT molecular complexity index is 1310. The fourth-order valence-corrected chi connectivity index (χ4v) is 4.85. The minimum Gasteiger partial charge on any atom is -0.494 e. The molecule has 0 unspecified atom stereocenters. The lowest BCUT2D eigenvalue weighted by Crippen LogP contribution is -2.22. The van der Waals surface area contributed by atoms with Crippen LogP contribution in [0, 0.1) is 0 Å². The van der Waals surface area contributed by atoms with Crippen LogP contribution in [0.3, 0.4) is 0 Å². The predicted molar refractivity (Wildman–Crippen MR) is 132 cm³/mol. The van der Waals surface area contributed by atoms with Crippen molar-refractivity contribution in [2.75, 3.05) is 0 Å². The molecule has 178 valence electrons. The smallest absolute Gasteiger partial charge is 0.303 e. The van der Waals surface area contributed by atoms with Crippen LogP contribution in [0.2, 0.25) is 0 Å². The van der Waals surface area contributed by atoms with E-state index in [0.717, 1.165) is 61.1 Å². The molecule has 0 fully saturated rings. The Hall–Kier alpha value is -3.41. The van der Waals surface area contributed by atoms with Crippen LogP contribution in [0.1, 0.15) is 69.8 Å². The fourth-order valence-electron chi connectivity index (χ4n) is 4.85. The summed E-state index contributed by atoms with van der Waals surface area (Å²) in [5, 5.41) is 22.2. The summed E-state index contributed by atoms with van der Waals surface area (Å²) in [6.07, 6.45) is 9.83. The molecular formula is C28H32N2O4. The van der Waals surface area contributed by atoms with Gasteiger partial charge in [0.1, 0.15) is 0 Å². The van der Waals surface area contributed by atoms with Gasteiger partial charge in [-0.2, -0.15) is 0 Å². The fraction of sp³-hybridized carbons (Fsp3) is 0.393. The molecule has 34 heavy (non-hydrogen) atoms. The number of fused-ring (bicyclic) bond motifs is 2. The van der Waals surface area contributed by atoms with E-state index in [4.69, 9.17) is 5.11 Å². The average Bonchev–Trinajstić information content (AvgIpc) is 3.29. The Morgan fingerprint density at radius 1 is 0.824 bits per heavy atom. The Morgan fingerprint density at radius 2 is 1.44 bits per heavy atom. The minimum atomic E-state index is -0.707. The van der Waals surface area contributed by atoms with Gasteiger partial charge in [-0.3, -0.25) is 9.59 Å². The van der Waals surface area contributed by atoms with Crippen LogP contribution in [0.25, 0.3) is 16.5 Å². The number of benzene rings is 2. The molecule has 0 saturated heterocycles. The summed E-state index contributed by atoms with van der Waals surface area (Å²) in [7, 11) is 0. The topological polar surface area (TPSA) is 91.9 Å². The van der Waals surface area contributed by atoms with Gasteiger partial charge in [0.05, 0.1) is 22.0 Å². The van der Waals surface area contributed by atoms with Gasteiger partial charge in [-0.05, 0) is 25.0 Å². The van der Waals surface area contributed by atoms with Crippen LogP contribution in [0.15, 0.2) is 53.5 Å². The third kappa shape index (κ3) is 5.22. The van der Waals surface area contributed by atoms with E-state index in [9.17, 15) is 14.7 Å². The Kier molecular flexibility index (Phi) is 7.78. The van der Waals surface area contributed by atoms with Gasteiger partial charge in [-0.15, -0.1) is 0 Å². The highest BCUT2D eigenvalue weighted by molar-refractivity contribution is 6.24. The number of para-hydroxylation sites is 2. The van der Waals surface area contributed by atoms with Crippen molar-refractivity contribution in [2.24, 2.45) is 4.99 Å². The van der Waals surface area contributed by atoms with Crippen LogP contribution in [-0.4, -0.2) is 26.7 Å². The molecule has 3 aromatic rings. The van der Waals surface area contributed by atoms with Crippen LogP contribution < -0.4 is 10.6 Å². The molecule has 0 atom stereocenters. The second-order valence-corrected chi connectivity index (χ2v) is 9.00. The summed E-state index contributed by atoms with van der Waals surface area (Å²) >= 11 is 0. The number of carbonyl (C=O) groups excluding carboxylic acids is 1. The van der Waals surface area contributed by atoms with E-state index in [2.05, 4.69) is 4.99 Å². The summed E-state index contributed by atoms with van der Waals surface area (Å²) < 4.78 is 1.92. The van der Waals surface area contributed by atoms with E-state index >= 15 is 0 Å². The summed E-state index contributed by atoms with van der Waals surface area (Å²) in [6.45, 7) is 0.696. The molecule has 1 aliphatic heterocycles. The van der Waals surface area contributed by atoms with Gasteiger partial charge in [0, 0.05) is 23.6 Å². The quantitative estimate of drug-likeness (QED) is 0.362. The third-order valence-corrected chi connectivity index (χ3v) is 6.58. The lowest BCUT2D eigenvalue weighted by atomic mass is 10.0. The molecule has 0 saturated carbocycles. The maximum Gasteiger partial charge on any atom is 0.303 e. The number of carboxylic acids is 1. The van der Waals surface area contributed by atoms with Crippen molar-refractivity contribution in [2.45, 2.75) is 70.8 Å². The van der Waals surface area contributed by atoms with Gasteiger partial charge in [0.15, 0.2) is 5.88 Å². The van der Waals surface area contributed by atoms with Gasteiger partial charge in [-0.1, -0.05) is 81.3 Å². The Morgan fingerprint density at radius 3 is 2.18 bits per heavy atom. The van der Waals surface area contributed by atoms with Gasteiger partial charge >= 0.3 is 5.97 Å². The Labute approximate surface area is 199 Å². The summed E-state index contributed by atoms with van der Waals surface area (Å²) in [6, 6.07) is 15.3. The molecule has 1 aliphatic rings. The van der Waals surface area contributed by atoms with Crippen molar-refractivity contribution in [1.82, 2.24) is 4.57 Å². The monoisotopic (exact) mass is 460 g/mol. The lowest BCUT2D eigenvalue weighted by Gasteiger charge is -2.08. The second kappa shape index (κ2) is 11.1. The van der Waals surface area contributed by atoms with Crippen LogP contribution in [0.5, 0.6) is 5.88 Å². The molecular weight excluding hydrogens is 428 g/mol. The number of aromatic hydroxyl groups is 1. The maximum absolute atomic E-state index is 12.8. The first-order chi connectivity index (χ1) is 16.6. The average molecular weight is 461 g/mol. The normalized spacial score (nSPS) is 12.8. The number of aryl methyl sites for hydroxylation is 1. The molecule has 4 rings (SSSR count). The van der Waals surface area contributed by atoms with E-state index in [1.54, 1.807) is 0 Å². The molecule has 2 aromatic carbocycles. The second-order valence-electron chi connectivity index (χ2n) is 9.00. The standard InChI is InChI=1S/C28H32N2O4/c31-24(32)18-8-6-4-2-1-3-5-7-13-19-30-23-17-12-10-15-21(23)26(28(30)34)25-20-14-9-11-16-22(20)29-27(25)33/h9-12,14-17,34H,1-8,13,18-19H2,(H,31,32). The number of amides is 1. The summed E-state index contributed by atoms with van der Waals surface area (Å²) in [5.74, 6) is -0.873. The molecule has 2 N–H and O–H groups in total. The van der Waals surface area contributed by atoms with E-state index in [1.807, 2.05) is 53.1 Å². The highest BCUT2D eigenvalue weighted by Crippen LogP contribution is 2.36. The largest absolute Gasteiger partial charge is 0.494 e. The highest BCUT2D eigenvalue weighted by Gasteiger charge is 2.26. The van der Waals surface area contributed by atoms with E-state index < -0.39 is 5.97 Å². The van der Waals surface area contributed by atoms with Gasteiger partial charge in [0.25, 0.3) is 5.91 Å². The molecule has 0 spiro atoms. The third-order valence-electron chi connectivity index (χ3n) is 6.58. The van der Waals surface area contributed by atoms with Gasteiger partial charge in [-0.25, -0.2) is 4.99 Å². The number of rotatable bonds is 13. The zero-order valence-electron chi connectivity index (χ0n) is 19.5. The number of aromatic nitrogens is 1. The number of aliphatic carboxylic acids is 1. The SMILES string of the molecule is O=C(O)CCCCCCCCCCCn1c(O)c(C2=c3ccccc3=NC2=O)c2ccccc21. The number of nitrogens with zero attached hydrogens (tertiary/aromatic N) is 2. The van der Waals surface area contributed by atoms with E-state index in [1.165, 1.54) is 12.8 Å². The van der Waals surface area contributed by atoms with Crippen molar-refractivity contribution in [1.29, 1.82) is 0 Å². The van der Waals surface area contributed by atoms with Crippen molar-refractivity contribution >= 4 is 28.4 Å². The molecule has 0 bridgehead atoms. The van der Waals surface area contributed by atoms with Crippen LogP contribution in [0.4, 0.5) is 0 Å². The first-order valence-electron chi connectivity index (χ1n) is 12.3. The number of hydrogen-bond donors (Lipinski definition) is 2. The van der Waals surface area contributed by atoms with Crippen molar-refractivity contribution in [3.63, 3.8) is 0 Å². The number of unbranched alkanes of at least 4 members (excludes halogenated alkanes) is 8. The number of hydrogen-bond acceptors (Lipinski definition) is 3. The number of carboxylic acid groups (broad SMARTS) is 1. The number of carbonyl (C=O) groups is 2. The summed E-state index contributed by atoms with van der Waals surface area (Å²) in [5.41, 5.74) is 1.99. The molecule has 6 heteroatoms. The van der Waals surface area contributed by atoms with Crippen molar-refractivity contribution < 1.29 is 19.8 Å². The van der Waals surface area contributed by atoms with Crippen molar-refractivity contribution in [3.8, 4) is 5.88 Å². The maximum atomic E-state index is 12.8. The first-order valence-corrected chi connectivity index (χ1v) is 12.3. The van der Waals surface area contributed by atoms with Gasteiger partial charge < -0.3 is 14.8 Å². The molecule has 2 heterocycles. The van der Waals surface area contributed by atoms with Crippen molar-refractivity contribution in [3.05, 3.63) is 64.7 Å². The lowest BCUT2D eigenvalue weighted by molar-refractivity contribution is -0.137. The zero-order valence-corrected chi connectivity index (χ0v) is 19.5. The minimum absolute atomic E-state index is 0.137. The predicted octanol–water partition coefficient (Wildman–Crippen LogP) is 4.69. The molecule has 1 aromatic heterocycles. The van der Waals surface area contributed by atoms with Crippen LogP contribution in [-0.2, 0) is 16.1 Å². The van der Waals surface area contributed by atoms with E-state index in [-0.39, 0.29) is 18.2 Å². The van der Waals surface area contributed by atoms with Crippen LogP contribution >= 0.6 is 0 Å². The highest BCUT2D eigenvalue weighted by atomic mass is 16.4.